The van der Waals surface area contributed by atoms with E-state index >= 15 is 0 Å². The van der Waals surface area contributed by atoms with Gasteiger partial charge in [-0.1, -0.05) is 32.0 Å². The van der Waals surface area contributed by atoms with Crippen LogP contribution in [0, 0.1) is 5.92 Å². The summed E-state index contributed by atoms with van der Waals surface area (Å²) in [4.78, 5) is 10.3. The predicted octanol–water partition coefficient (Wildman–Crippen LogP) is 2.34. The van der Waals surface area contributed by atoms with E-state index in [2.05, 4.69) is 13.8 Å². The van der Waals surface area contributed by atoms with Crippen molar-refractivity contribution in [3.63, 3.8) is 0 Å². The molecular weight excluding hydrogens is 148 g/mol. The van der Waals surface area contributed by atoms with E-state index in [-0.39, 0.29) is 0 Å². The van der Waals surface area contributed by atoms with Crippen molar-refractivity contribution in [1.29, 1.82) is 0 Å². The average Bonchev–Trinajstić information content (AvgIpc) is 2.03. The molecule has 0 fully saturated rings. The molecule has 0 aliphatic rings. The molecule has 1 heteroatoms. The Morgan fingerprint density at radius 3 is 2.75 bits per heavy atom. The highest BCUT2D eigenvalue weighted by atomic mass is 16.1. The zero-order valence-corrected chi connectivity index (χ0v) is 7.50. The second kappa shape index (κ2) is 4.05. The summed E-state index contributed by atoms with van der Waals surface area (Å²) < 4.78 is 0. The maximum atomic E-state index is 10.3. The van der Waals surface area contributed by atoms with Crippen molar-refractivity contribution in [2.45, 2.75) is 20.3 Å². The Morgan fingerprint density at radius 2 is 2.17 bits per heavy atom. The van der Waals surface area contributed by atoms with Gasteiger partial charge in [0.05, 0.1) is 0 Å². The van der Waals surface area contributed by atoms with Crippen LogP contribution in [0.15, 0.2) is 24.3 Å². The maximum absolute atomic E-state index is 10.3. The summed E-state index contributed by atoms with van der Waals surface area (Å²) in [5.74, 6) is 0.631. The lowest BCUT2D eigenvalue weighted by Crippen LogP contribution is -1.94. The van der Waals surface area contributed by atoms with Crippen LogP contribution < -0.4 is 0 Å². The molecule has 0 aliphatic heterocycles. The van der Waals surface area contributed by atoms with E-state index in [0.717, 1.165) is 6.42 Å². The van der Waals surface area contributed by atoms with E-state index in [1.165, 1.54) is 5.56 Å². The summed E-state index contributed by atoms with van der Waals surface area (Å²) in [6, 6.07) is 7.61. The highest BCUT2D eigenvalue weighted by Crippen LogP contribution is 2.08. The molecule has 1 aromatic carbocycles. The first kappa shape index (κ1) is 8.98. The summed E-state index contributed by atoms with van der Waals surface area (Å²) in [6.07, 6.45) is 2.91. The molecule has 0 atom stereocenters. The van der Waals surface area contributed by atoms with Crippen molar-refractivity contribution >= 4 is 6.29 Å². The van der Waals surface area contributed by atoms with Gasteiger partial charge in [0.25, 0.3) is 0 Å². The lowest BCUT2D eigenvalue weighted by molar-refractivity contribution is 0.562. The van der Waals surface area contributed by atoms with E-state index in [0.29, 0.717) is 11.5 Å². The van der Waals surface area contributed by atoms with Gasteiger partial charge < -0.3 is 0 Å². The second-order valence-corrected chi connectivity index (χ2v) is 3.40. The Morgan fingerprint density at radius 1 is 1.42 bits per heavy atom. The van der Waals surface area contributed by atoms with Gasteiger partial charge in [0.1, 0.15) is 0 Å². The Labute approximate surface area is 73.4 Å². The quantitative estimate of drug-likeness (QED) is 0.665. The molecule has 0 spiro atoms. The summed E-state index contributed by atoms with van der Waals surface area (Å²) >= 11 is 0. The molecule has 1 rings (SSSR count). The fourth-order valence-electron chi connectivity index (χ4n) is 1.23. The molecule has 0 aromatic heterocycles. The first-order chi connectivity index (χ1) is 5.72. The van der Waals surface area contributed by atoms with Gasteiger partial charge in [-0.2, -0.15) is 0 Å². The minimum Gasteiger partial charge on any atom is -0.285 e. The third kappa shape index (κ3) is 2.50. The smallest absolute Gasteiger partial charge is 0.233 e. The molecule has 0 saturated carbocycles. The standard InChI is InChI=1S/C11H13O/c1-9(2)6-10-4-3-5-11(7-10)8-12/h3-5,7,9H,6H2,1-2H3. The van der Waals surface area contributed by atoms with Crippen LogP contribution in [0.3, 0.4) is 0 Å². The first-order valence-corrected chi connectivity index (χ1v) is 4.19. The van der Waals surface area contributed by atoms with Crippen molar-refractivity contribution in [2.24, 2.45) is 5.92 Å². The third-order valence-electron chi connectivity index (χ3n) is 1.69. The molecule has 63 valence electrons. The van der Waals surface area contributed by atoms with Gasteiger partial charge in [-0.05, 0) is 24.0 Å². The molecule has 0 aliphatic carbocycles. The molecular formula is C11H13O. The van der Waals surface area contributed by atoms with E-state index in [1.54, 1.807) is 6.07 Å². The van der Waals surface area contributed by atoms with Crippen molar-refractivity contribution in [3.8, 4) is 0 Å². The highest BCUT2D eigenvalue weighted by molar-refractivity contribution is 5.75. The van der Waals surface area contributed by atoms with Crippen LogP contribution in [-0.4, -0.2) is 6.29 Å². The highest BCUT2D eigenvalue weighted by Gasteiger charge is 1.98. The fourth-order valence-corrected chi connectivity index (χ4v) is 1.23. The number of benzene rings is 1. The van der Waals surface area contributed by atoms with Crippen LogP contribution in [-0.2, 0) is 11.2 Å². The van der Waals surface area contributed by atoms with Crippen LogP contribution in [0.1, 0.15) is 25.0 Å². The zero-order valence-electron chi connectivity index (χ0n) is 7.50. The number of hydrogen-bond donors (Lipinski definition) is 0. The van der Waals surface area contributed by atoms with Gasteiger partial charge >= 0.3 is 0 Å². The molecule has 0 heterocycles. The molecule has 0 amide bonds. The van der Waals surface area contributed by atoms with Crippen molar-refractivity contribution < 1.29 is 4.79 Å². The molecule has 1 aromatic rings. The normalized spacial score (nSPS) is 10.2. The van der Waals surface area contributed by atoms with E-state index in [4.69, 9.17) is 0 Å². The summed E-state index contributed by atoms with van der Waals surface area (Å²) in [7, 11) is 0. The molecule has 12 heavy (non-hydrogen) atoms. The largest absolute Gasteiger partial charge is 0.285 e. The Balaban J connectivity index is 2.79. The summed E-state index contributed by atoms with van der Waals surface area (Å²) in [6.45, 7) is 4.33. The Bertz CT molecular complexity index is 263. The Kier molecular flexibility index (Phi) is 3.03. The summed E-state index contributed by atoms with van der Waals surface area (Å²) in [5, 5.41) is 0. The van der Waals surface area contributed by atoms with Gasteiger partial charge in [-0.15, -0.1) is 0 Å². The third-order valence-corrected chi connectivity index (χ3v) is 1.69. The van der Waals surface area contributed by atoms with E-state index in [9.17, 15) is 4.79 Å². The molecule has 0 unspecified atom stereocenters. The fraction of sp³-hybridized carbons (Fsp3) is 0.364. The van der Waals surface area contributed by atoms with Gasteiger partial charge in [0.2, 0.25) is 6.29 Å². The van der Waals surface area contributed by atoms with E-state index in [1.807, 2.05) is 24.5 Å². The average molecular weight is 161 g/mol. The lowest BCUT2D eigenvalue weighted by Gasteiger charge is -2.04. The maximum Gasteiger partial charge on any atom is 0.233 e. The van der Waals surface area contributed by atoms with Crippen LogP contribution in [0.5, 0.6) is 0 Å². The van der Waals surface area contributed by atoms with Crippen molar-refractivity contribution in [2.75, 3.05) is 0 Å². The molecule has 1 nitrogen and oxygen atoms in total. The van der Waals surface area contributed by atoms with Crippen LogP contribution in [0.4, 0.5) is 0 Å². The van der Waals surface area contributed by atoms with E-state index < -0.39 is 0 Å². The molecule has 0 bridgehead atoms. The minimum atomic E-state index is 0.631. The first-order valence-electron chi connectivity index (χ1n) is 4.19. The SMILES string of the molecule is CC(C)Cc1cccc([C]=O)c1. The minimum absolute atomic E-state index is 0.631. The Hall–Kier alpha value is -1.11. The molecule has 1 radical (unpaired) electrons. The van der Waals surface area contributed by atoms with Crippen LogP contribution in [0.2, 0.25) is 0 Å². The van der Waals surface area contributed by atoms with Crippen LogP contribution >= 0.6 is 0 Å². The monoisotopic (exact) mass is 161 g/mol. The van der Waals surface area contributed by atoms with Gasteiger partial charge in [-0.3, -0.25) is 4.79 Å². The topological polar surface area (TPSA) is 17.1 Å². The summed E-state index contributed by atoms with van der Waals surface area (Å²) in [5.41, 5.74) is 1.86. The van der Waals surface area contributed by atoms with Gasteiger partial charge in [0.15, 0.2) is 0 Å². The predicted molar refractivity (Wildman–Crippen MR) is 49.8 cm³/mol. The molecule has 0 N–H and O–H groups in total. The number of hydrogen-bond acceptors (Lipinski definition) is 1. The van der Waals surface area contributed by atoms with Gasteiger partial charge in [-0.25, -0.2) is 0 Å². The van der Waals surface area contributed by atoms with Crippen molar-refractivity contribution in [3.05, 3.63) is 35.4 Å². The van der Waals surface area contributed by atoms with Gasteiger partial charge in [0, 0.05) is 5.56 Å². The zero-order chi connectivity index (χ0) is 8.97. The lowest BCUT2D eigenvalue weighted by atomic mass is 10.0. The number of carbonyl (C=O) groups excluding carboxylic acids is 1. The second-order valence-electron chi connectivity index (χ2n) is 3.40. The number of rotatable bonds is 3. The van der Waals surface area contributed by atoms with Crippen molar-refractivity contribution in [1.82, 2.24) is 0 Å². The van der Waals surface area contributed by atoms with Crippen LogP contribution in [0.25, 0.3) is 0 Å². The molecule has 0 saturated heterocycles.